The van der Waals surface area contributed by atoms with Gasteiger partial charge >= 0.3 is 0 Å². The second-order valence-corrected chi connectivity index (χ2v) is 22.3. The summed E-state index contributed by atoms with van der Waals surface area (Å²) in [6, 6.07) is 107. The van der Waals surface area contributed by atoms with Crippen LogP contribution in [0, 0.1) is 0 Å². The summed E-state index contributed by atoms with van der Waals surface area (Å²) < 4.78 is 12.7. The Balaban J connectivity index is 0.000000134. The standard InChI is InChI=1S/2C41H25NO/c1-2-10-26(11-3-1)27-20-21-32-31-14-4-5-16-34(31)40-35(37(32)25-27)22-23-38(42-40)29-13-8-12-28(24-29)30-17-9-18-36-33-15-6-7-19-39(33)43-41(30)36;1-2-10-26(11-3-1)27-20-21-33-31-14-4-5-15-32(31)35-22-23-38(42-40(35)37(33)25-27)29-13-8-12-28(24-29)30-17-9-18-36-34-16-6-7-19-39(34)43-41(30)36/h2*1-25H. The van der Waals surface area contributed by atoms with Crippen LogP contribution < -0.4 is 0 Å². The average molecular weight is 1100 g/mol. The third-order valence-corrected chi connectivity index (χ3v) is 17.3. The molecule has 0 amide bonds. The van der Waals surface area contributed by atoms with Crippen molar-refractivity contribution in [3.63, 3.8) is 0 Å². The largest absolute Gasteiger partial charge is 0.455 e. The molecule has 14 aromatic carbocycles. The van der Waals surface area contributed by atoms with Gasteiger partial charge in [0.2, 0.25) is 0 Å². The normalized spacial score (nSPS) is 11.7. The SMILES string of the molecule is c1ccc(-c2ccc3c4ccccc4c4ccc(-c5cccc(-c6cccc7c6oc6ccccc67)c5)nc4c3c2)cc1.c1ccc(-c2ccc3c4ccccc4c4nc(-c5cccc(-c6cccc7c6oc6ccccc67)c5)ccc4c3c2)cc1. The van der Waals surface area contributed by atoms with Crippen LogP contribution in [0.1, 0.15) is 0 Å². The van der Waals surface area contributed by atoms with Gasteiger partial charge in [-0.3, -0.25) is 0 Å². The van der Waals surface area contributed by atoms with Crippen molar-refractivity contribution in [1.82, 2.24) is 9.97 Å². The molecule has 0 N–H and O–H groups in total. The lowest BCUT2D eigenvalue weighted by molar-refractivity contribution is 0.669. The van der Waals surface area contributed by atoms with Crippen LogP contribution in [0.4, 0.5) is 0 Å². The maximum absolute atomic E-state index is 6.36. The number of benzene rings is 14. The highest BCUT2D eigenvalue weighted by Crippen LogP contribution is 2.43. The lowest BCUT2D eigenvalue weighted by atomic mass is 9.93. The average Bonchev–Trinajstić information content (AvgIpc) is 1.97. The molecule has 0 aliphatic carbocycles. The quantitative estimate of drug-likeness (QED) is 0.156. The Bertz CT molecular complexity index is 5720. The highest BCUT2D eigenvalue weighted by atomic mass is 16.3. The minimum absolute atomic E-state index is 0.909. The summed E-state index contributed by atoms with van der Waals surface area (Å²) in [7, 11) is 0. The monoisotopic (exact) mass is 1090 g/mol. The predicted molar refractivity (Wildman–Crippen MR) is 361 cm³/mol. The first-order valence-electron chi connectivity index (χ1n) is 29.3. The van der Waals surface area contributed by atoms with Crippen LogP contribution in [0.5, 0.6) is 0 Å². The van der Waals surface area contributed by atoms with Gasteiger partial charge in [-0.2, -0.15) is 0 Å². The molecule has 0 saturated heterocycles. The predicted octanol–water partition coefficient (Wildman–Crippen LogP) is 22.9. The van der Waals surface area contributed by atoms with Gasteiger partial charge in [0.25, 0.3) is 0 Å². The Morgan fingerprint density at radius 3 is 1.05 bits per heavy atom. The van der Waals surface area contributed by atoms with E-state index in [9.17, 15) is 0 Å². The van der Waals surface area contributed by atoms with E-state index in [0.717, 1.165) is 99.7 Å². The molecule has 0 aliphatic heterocycles. The molecule has 0 radical (unpaired) electrons. The number of fused-ring (bicyclic) bond motifs is 18. The van der Waals surface area contributed by atoms with Gasteiger partial charge in [-0.25, -0.2) is 9.97 Å². The summed E-state index contributed by atoms with van der Waals surface area (Å²) in [4.78, 5) is 10.7. The first kappa shape index (κ1) is 49.2. The van der Waals surface area contributed by atoms with Crippen LogP contribution >= 0.6 is 0 Å². The van der Waals surface area contributed by atoms with Crippen LogP contribution in [0.3, 0.4) is 0 Å². The number of furan rings is 2. The summed E-state index contributed by atoms with van der Waals surface area (Å²) >= 11 is 0. The van der Waals surface area contributed by atoms with Crippen LogP contribution in [0.15, 0.2) is 312 Å². The van der Waals surface area contributed by atoms with E-state index in [1.54, 1.807) is 0 Å². The van der Waals surface area contributed by atoms with E-state index in [-0.39, 0.29) is 0 Å². The highest BCUT2D eigenvalue weighted by Gasteiger charge is 2.18. The van der Waals surface area contributed by atoms with Crippen molar-refractivity contribution in [1.29, 1.82) is 0 Å². The van der Waals surface area contributed by atoms with E-state index in [4.69, 9.17) is 18.8 Å². The fraction of sp³-hybridized carbons (Fsp3) is 0. The molecule has 4 heteroatoms. The first-order chi connectivity index (χ1) is 42.6. The van der Waals surface area contributed by atoms with Gasteiger partial charge in [0.1, 0.15) is 22.3 Å². The molecule has 0 aliphatic rings. The van der Waals surface area contributed by atoms with Crippen molar-refractivity contribution < 1.29 is 8.83 Å². The van der Waals surface area contributed by atoms with Gasteiger partial charge in [-0.15, -0.1) is 0 Å². The molecule has 4 heterocycles. The summed E-state index contributed by atoms with van der Waals surface area (Å²) in [5, 5.41) is 16.6. The number of pyridine rings is 2. The number of hydrogen-bond acceptors (Lipinski definition) is 4. The van der Waals surface area contributed by atoms with E-state index >= 15 is 0 Å². The molecule has 0 atom stereocenters. The number of rotatable bonds is 6. The number of nitrogens with zero attached hydrogens (tertiary/aromatic N) is 2. The summed E-state index contributed by atoms with van der Waals surface area (Å²) in [6.45, 7) is 0. The molecule has 18 rings (SSSR count). The Kier molecular flexibility index (Phi) is 11.5. The second kappa shape index (κ2) is 20.2. The topological polar surface area (TPSA) is 52.1 Å². The van der Waals surface area contributed by atoms with Crippen molar-refractivity contribution >= 4 is 109 Å². The van der Waals surface area contributed by atoms with E-state index in [0.29, 0.717) is 0 Å². The van der Waals surface area contributed by atoms with Gasteiger partial charge in [0, 0.05) is 65.3 Å². The van der Waals surface area contributed by atoms with Gasteiger partial charge in [0.15, 0.2) is 0 Å². The van der Waals surface area contributed by atoms with E-state index in [1.807, 2.05) is 24.3 Å². The molecule has 400 valence electrons. The summed E-state index contributed by atoms with van der Waals surface area (Å²) in [5.74, 6) is 0. The van der Waals surface area contributed by atoms with Crippen LogP contribution in [-0.4, -0.2) is 9.97 Å². The lowest BCUT2D eigenvalue weighted by Gasteiger charge is -2.13. The fourth-order valence-corrected chi connectivity index (χ4v) is 13.2. The number of hydrogen-bond donors (Lipinski definition) is 0. The van der Waals surface area contributed by atoms with E-state index in [2.05, 4.69) is 279 Å². The van der Waals surface area contributed by atoms with Crippen molar-refractivity contribution in [2.75, 3.05) is 0 Å². The molecule has 86 heavy (non-hydrogen) atoms. The van der Waals surface area contributed by atoms with Crippen molar-refractivity contribution in [2.45, 2.75) is 0 Å². The Morgan fingerprint density at radius 2 is 0.523 bits per heavy atom. The molecule has 0 fully saturated rings. The number of aromatic nitrogens is 2. The first-order valence-corrected chi connectivity index (χ1v) is 29.3. The molecule has 0 bridgehead atoms. The van der Waals surface area contributed by atoms with Gasteiger partial charge < -0.3 is 8.83 Å². The molecule has 18 aromatic rings. The van der Waals surface area contributed by atoms with Crippen LogP contribution in [-0.2, 0) is 0 Å². The lowest BCUT2D eigenvalue weighted by Crippen LogP contribution is -1.90. The van der Waals surface area contributed by atoms with Crippen LogP contribution in [0.25, 0.3) is 176 Å². The molecule has 4 nitrogen and oxygen atoms in total. The minimum Gasteiger partial charge on any atom is -0.455 e. The van der Waals surface area contributed by atoms with E-state index in [1.165, 1.54) is 76.1 Å². The molecule has 4 aromatic heterocycles. The zero-order valence-electron chi connectivity index (χ0n) is 46.6. The molecular weight excluding hydrogens is 1040 g/mol. The van der Waals surface area contributed by atoms with Gasteiger partial charge in [-0.1, -0.05) is 243 Å². The van der Waals surface area contributed by atoms with Crippen molar-refractivity contribution in [3.05, 3.63) is 303 Å². The maximum atomic E-state index is 6.36. The zero-order chi connectivity index (χ0) is 56.7. The van der Waals surface area contributed by atoms with Gasteiger partial charge in [0.05, 0.1) is 22.4 Å². The third kappa shape index (κ3) is 8.22. The van der Waals surface area contributed by atoms with Crippen molar-refractivity contribution in [3.8, 4) is 67.0 Å². The highest BCUT2D eigenvalue weighted by molar-refractivity contribution is 6.26. The molecular formula is C82H50N2O2. The Hall–Kier alpha value is -11.5. The van der Waals surface area contributed by atoms with Gasteiger partial charge in [-0.05, 0) is 126 Å². The minimum atomic E-state index is 0.909. The smallest absolute Gasteiger partial charge is 0.143 e. The second-order valence-electron chi connectivity index (χ2n) is 22.3. The fourth-order valence-electron chi connectivity index (χ4n) is 13.2. The molecule has 0 unspecified atom stereocenters. The Morgan fingerprint density at radius 1 is 0.186 bits per heavy atom. The number of para-hydroxylation sites is 4. The van der Waals surface area contributed by atoms with E-state index < -0.39 is 0 Å². The Labute approximate surface area is 495 Å². The molecule has 0 spiro atoms. The summed E-state index contributed by atoms with van der Waals surface area (Å²) in [5.41, 5.74) is 19.0. The third-order valence-electron chi connectivity index (χ3n) is 17.3. The zero-order valence-corrected chi connectivity index (χ0v) is 46.6. The maximum Gasteiger partial charge on any atom is 0.143 e. The van der Waals surface area contributed by atoms with Crippen molar-refractivity contribution in [2.24, 2.45) is 0 Å². The summed E-state index contributed by atoms with van der Waals surface area (Å²) in [6.07, 6.45) is 0. The molecule has 0 saturated carbocycles. The van der Waals surface area contributed by atoms with Crippen LogP contribution in [0.2, 0.25) is 0 Å².